The zero-order valence-electron chi connectivity index (χ0n) is 9.08. The average Bonchev–Trinajstić information content (AvgIpc) is 2.25. The highest BCUT2D eigenvalue weighted by Crippen LogP contribution is 2.27. The van der Waals surface area contributed by atoms with Crippen LogP contribution < -0.4 is 10.5 Å². The fourth-order valence-electron chi connectivity index (χ4n) is 1.37. The number of nitrogens with zero attached hydrogens (tertiary/aromatic N) is 1. The maximum atomic E-state index is 13.5. The summed E-state index contributed by atoms with van der Waals surface area (Å²) < 4.78 is 19.5. The van der Waals surface area contributed by atoms with Crippen molar-refractivity contribution in [2.75, 3.05) is 5.73 Å². The number of aryl methyl sites for hydroxylation is 1. The highest BCUT2D eigenvalue weighted by molar-refractivity contribution is 9.10. The second-order valence-electron chi connectivity index (χ2n) is 3.57. The van der Waals surface area contributed by atoms with Crippen LogP contribution in [-0.4, -0.2) is 4.98 Å². The van der Waals surface area contributed by atoms with E-state index in [2.05, 4.69) is 20.9 Å². The molecule has 1 aromatic heterocycles. The molecule has 0 aliphatic carbocycles. The van der Waals surface area contributed by atoms with E-state index in [1.54, 1.807) is 18.2 Å². The molecule has 0 aliphatic heterocycles. The summed E-state index contributed by atoms with van der Waals surface area (Å²) in [7, 11) is 0. The van der Waals surface area contributed by atoms with Crippen molar-refractivity contribution in [2.24, 2.45) is 0 Å². The maximum Gasteiger partial charge on any atom is 0.255 e. The largest absolute Gasteiger partial charge is 0.436 e. The first-order valence-corrected chi connectivity index (χ1v) is 5.70. The number of nitrogen functional groups attached to an aromatic ring is 1. The maximum absolute atomic E-state index is 13.5. The second kappa shape index (κ2) is 4.71. The van der Waals surface area contributed by atoms with Crippen molar-refractivity contribution in [3.05, 3.63) is 46.3 Å². The van der Waals surface area contributed by atoms with Crippen LogP contribution in [0.5, 0.6) is 11.6 Å². The Hall–Kier alpha value is -1.62. The minimum atomic E-state index is -0.518. The van der Waals surface area contributed by atoms with Crippen LogP contribution in [0, 0.1) is 12.7 Å². The van der Waals surface area contributed by atoms with Gasteiger partial charge in [-0.25, -0.2) is 9.37 Å². The summed E-state index contributed by atoms with van der Waals surface area (Å²) >= 11 is 3.13. The van der Waals surface area contributed by atoms with Gasteiger partial charge in [0, 0.05) is 16.4 Å². The first-order valence-electron chi connectivity index (χ1n) is 4.91. The number of rotatable bonds is 2. The van der Waals surface area contributed by atoms with E-state index in [4.69, 9.17) is 10.5 Å². The van der Waals surface area contributed by atoms with Crippen LogP contribution in [0.2, 0.25) is 0 Å². The summed E-state index contributed by atoms with van der Waals surface area (Å²) in [6, 6.07) is 6.44. The molecule has 88 valence electrons. The molecule has 0 bridgehead atoms. The number of ether oxygens (including phenoxy) is 1. The van der Waals surface area contributed by atoms with Gasteiger partial charge in [-0.15, -0.1) is 0 Å². The standard InChI is InChI=1S/C12H10BrFN2O/c1-7-4-9(15)2-3-11(7)17-12-10(14)5-8(13)6-16-12/h2-6H,15H2,1H3. The molecule has 1 aromatic carbocycles. The van der Waals surface area contributed by atoms with Gasteiger partial charge >= 0.3 is 0 Å². The molecule has 0 amide bonds. The van der Waals surface area contributed by atoms with Gasteiger partial charge in [0.25, 0.3) is 5.88 Å². The molecule has 0 spiro atoms. The molecular formula is C12H10BrFN2O. The second-order valence-corrected chi connectivity index (χ2v) is 4.48. The highest BCUT2D eigenvalue weighted by Gasteiger charge is 2.08. The Kier molecular flexibility index (Phi) is 3.28. The lowest BCUT2D eigenvalue weighted by Crippen LogP contribution is -1.94. The Bertz CT molecular complexity index is 511. The van der Waals surface area contributed by atoms with Crippen LogP contribution in [0.3, 0.4) is 0 Å². The van der Waals surface area contributed by atoms with Crippen molar-refractivity contribution in [3.8, 4) is 11.6 Å². The smallest absolute Gasteiger partial charge is 0.255 e. The molecule has 1 heterocycles. The highest BCUT2D eigenvalue weighted by atomic mass is 79.9. The van der Waals surface area contributed by atoms with Crippen LogP contribution in [0.1, 0.15) is 5.56 Å². The molecule has 5 heteroatoms. The van der Waals surface area contributed by atoms with E-state index in [-0.39, 0.29) is 5.88 Å². The van der Waals surface area contributed by atoms with E-state index < -0.39 is 5.82 Å². The van der Waals surface area contributed by atoms with Crippen molar-refractivity contribution in [2.45, 2.75) is 6.92 Å². The molecule has 17 heavy (non-hydrogen) atoms. The number of pyridine rings is 1. The first kappa shape index (κ1) is 11.9. The summed E-state index contributed by atoms with van der Waals surface area (Å²) in [6.45, 7) is 1.84. The van der Waals surface area contributed by atoms with Gasteiger partial charge in [-0.05, 0) is 52.7 Å². The zero-order valence-corrected chi connectivity index (χ0v) is 10.7. The molecule has 0 fully saturated rings. The molecule has 0 saturated heterocycles. The zero-order chi connectivity index (χ0) is 12.4. The third-order valence-electron chi connectivity index (χ3n) is 2.18. The monoisotopic (exact) mass is 296 g/mol. The van der Waals surface area contributed by atoms with E-state index in [9.17, 15) is 4.39 Å². The molecule has 0 saturated carbocycles. The van der Waals surface area contributed by atoms with Crippen LogP contribution in [0.4, 0.5) is 10.1 Å². The minimum absolute atomic E-state index is 0.0546. The third-order valence-corrected chi connectivity index (χ3v) is 2.61. The third kappa shape index (κ3) is 2.74. The Morgan fingerprint density at radius 1 is 1.35 bits per heavy atom. The molecule has 2 aromatic rings. The number of aromatic nitrogens is 1. The average molecular weight is 297 g/mol. The fourth-order valence-corrected chi connectivity index (χ4v) is 1.67. The lowest BCUT2D eigenvalue weighted by atomic mass is 10.2. The predicted molar refractivity (Wildman–Crippen MR) is 67.6 cm³/mol. The van der Waals surface area contributed by atoms with E-state index in [1.165, 1.54) is 12.3 Å². The predicted octanol–water partition coefficient (Wildman–Crippen LogP) is 3.67. The van der Waals surface area contributed by atoms with Crippen molar-refractivity contribution >= 4 is 21.6 Å². The van der Waals surface area contributed by atoms with Crippen molar-refractivity contribution in [3.63, 3.8) is 0 Å². The van der Waals surface area contributed by atoms with E-state index in [1.807, 2.05) is 6.92 Å². The van der Waals surface area contributed by atoms with Gasteiger partial charge in [-0.3, -0.25) is 0 Å². The van der Waals surface area contributed by atoms with Gasteiger partial charge in [0.2, 0.25) is 0 Å². The fraction of sp³-hybridized carbons (Fsp3) is 0.0833. The van der Waals surface area contributed by atoms with E-state index >= 15 is 0 Å². The van der Waals surface area contributed by atoms with Gasteiger partial charge in [-0.2, -0.15) is 0 Å². The summed E-state index contributed by atoms with van der Waals surface area (Å²) in [5.74, 6) is -0.0374. The Morgan fingerprint density at radius 3 is 2.76 bits per heavy atom. The molecule has 0 aliphatic rings. The first-order chi connectivity index (χ1) is 8.06. The summed E-state index contributed by atoms with van der Waals surface area (Å²) in [5.41, 5.74) is 7.09. The molecule has 3 nitrogen and oxygen atoms in total. The van der Waals surface area contributed by atoms with Crippen molar-refractivity contribution in [1.29, 1.82) is 0 Å². The number of anilines is 1. The molecule has 0 unspecified atom stereocenters. The lowest BCUT2D eigenvalue weighted by Gasteiger charge is -2.08. The number of hydrogen-bond donors (Lipinski definition) is 1. The van der Waals surface area contributed by atoms with Gasteiger partial charge in [-0.1, -0.05) is 0 Å². The SMILES string of the molecule is Cc1cc(N)ccc1Oc1ncc(Br)cc1F. The Morgan fingerprint density at radius 2 is 2.12 bits per heavy atom. The van der Waals surface area contributed by atoms with Gasteiger partial charge in [0.05, 0.1) is 0 Å². The van der Waals surface area contributed by atoms with Crippen LogP contribution in [0.25, 0.3) is 0 Å². The number of hydrogen-bond acceptors (Lipinski definition) is 3. The van der Waals surface area contributed by atoms with E-state index in [0.29, 0.717) is 15.9 Å². The topological polar surface area (TPSA) is 48.1 Å². The number of nitrogens with two attached hydrogens (primary N) is 1. The Balaban J connectivity index is 2.31. The Labute approximate surface area is 107 Å². The molecule has 0 atom stereocenters. The van der Waals surface area contributed by atoms with Gasteiger partial charge in [0.1, 0.15) is 5.75 Å². The minimum Gasteiger partial charge on any atom is -0.436 e. The molecule has 0 radical (unpaired) electrons. The number of halogens is 2. The van der Waals surface area contributed by atoms with Crippen LogP contribution in [-0.2, 0) is 0 Å². The normalized spacial score (nSPS) is 10.3. The van der Waals surface area contributed by atoms with Gasteiger partial charge < -0.3 is 10.5 Å². The summed E-state index contributed by atoms with van der Waals surface area (Å²) in [6.07, 6.45) is 1.48. The molecule has 2 N–H and O–H groups in total. The van der Waals surface area contributed by atoms with Gasteiger partial charge in [0.15, 0.2) is 5.82 Å². The molecular weight excluding hydrogens is 287 g/mol. The van der Waals surface area contributed by atoms with Crippen molar-refractivity contribution < 1.29 is 9.13 Å². The lowest BCUT2D eigenvalue weighted by molar-refractivity contribution is 0.420. The summed E-state index contributed by atoms with van der Waals surface area (Å²) in [4.78, 5) is 3.86. The van der Waals surface area contributed by atoms with Crippen molar-refractivity contribution in [1.82, 2.24) is 4.98 Å². The summed E-state index contributed by atoms with van der Waals surface area (Å²) in [5, 5.41) is 0. The molecule has 2 rings (SSSR count). The van der Waals surface area contributed by atoms with Crippen LogP contribution in [0.15, 0.2) is 34.9 Å². The van der Waals surface area contributed by atoms with Crippen LogP contribution >= 0.6 is 15.9 Å². The quantitative estimate of drug-likeness (QED) is 0.860. The van der Waals surface area contributed by atoms with E-state index in [0.717, 1.165) is 5.56 Å². The number of benzene rings is 1.